The summed E-state index contributed by atoms with van der Waals surface area (Å²) in [6.45, 7) is 0.366. The molecule has 4 rings (SSSR count). The predicted octanol–water partition coefficient (Wildman–Crippen LogP) is 3.14. The highest BCUT2D eigenvalue weighted by Gasteiger charge is 2.30. The van der Waals surface area contributed by atoms with E-state index in [2.05, 4.69) is 20.4 Å². The topological polar surface area (TPSA) is 94.4 Å². The maximum Gasteiger partial charge on any atom is 0.408 e. The minimum atomic E-state index is -4.55. The summed E-state index contributed by atoms with van der Waals surface area (Å²) in [5.41, 5.74) is 0.0641. The first-order valence-electron chi connectivity index (χ1n) is 10.0. The molecule has 0 aliphatic carbocycles. The van der Waals surface area contributed by atoms with Crippen molar-refractivity contribution in [1.29, 1.82) is 0 Å². The number of hydrogen-bond acceptors (Lipinski definition) is 7. The molecule has 1 aliphatic rings. The molecule has 1 saturated heterocycles. The number of nitrogens with zero attached hydrogens (tertiary/aromatic N) is 5. The van der Waals surface area contributed by atoms with E-state index in [4.69, 9.17) is 9.47 Å². The Kier molecular flexibility index (Phi) is 6.31. The van der Waals surface area contributed by atoms with Crippen molar-refractivity contribution in [2.45, 2.75) is 19.1 Å². The van der Waals surface area contributed by atoms with Gasteiger partial charge >= 0.3 is 6.18 Å². The number of carbonyl (C=O) groups excluding carboxylic acids is 1. The number of pyridine rings is 2. The van der Waals surface area contributed by atoms with Crippen molar-refractivity contribution in [3.05, 3.63) is 35.9 Å². The molecule has 0 bridgehead atoms. The number of anilines is 2. The lowest BCUT2D eigenvalue weighted by atomic mass is 10.2. The molecule has 1 amide bonds. The third-order valence-electron chi connectivity index (χ3n) is 4.95. The second kappa shape index (κ2) is 9.17. The number of halogens is 4. The molecule has 1 aliphatic heterocycles. The number of amides is 1. The Hall–Kier alpha value is -3.48. The van der Waals surface area contributed by atoms with Crippen LogP contribution >= 0.6 is 0 Å². The Morgan fingerprint density at radius 1 is 1.27 bits per heavy atom. The highest BCUT2D eigenvalue weighted by atomic mass is 19.4. The molecule has 0 unspecified atom stereocenters. The van der Waals surface area contributed by atoms with Crippen LogP contribution in [0.5, 0.6) is 5.88 Å². The molecule has 4 heterocycles. The maximum absolute atomic E-state index is 13.6. The van der Waals surface area contributed by atoms with Crippen LogP contribution in [0.1, 0.15) is 16.9 Å². The Morgan fingerprint density at radius 2 is 2.09 bits per heavy atom. The van der Waals surface area contributed by atoms with Crippen molar-refractivity contribution < 1.29 is 31.8 Å². The Bertz CT molecular complexity index is 1160. The molecule has 33 heavy (non-hydrogen) atoms. The summed E-state index contributed by atoms with van der Waals surface area (Å²) in [7, 11) is 1.24. The summed E-state index contributed by atoms with van der Waals surface area (Å²) in [6.07, 6.45) is -2.62. The normalized spacial score (nSPS) is 14.9. The maximum atomic E-state index is 13.6. The lowest BCUT2D eigenvalue weighted by Crippen LogP contribution is -2.33. The van der Waals surface area contributed by atoms with Gasteiger partial charge in [0.15, 0.2) is 11.6 Å². The number of hydrogen-bond donors (Lipinski definition) is 1. The molecule has 1 fully saturated rings. The van der Waals surface area contributed by atoms with E-state index in [9.17, 15) is 22.4 Å². The van der Waals surface area contributed by atoms with Gasteiger partial charge in [0.25, 0.3) is 11.8 Å². The van der Waals surface area contributed by atoms with Crippen LogP contribution in [-0.4, -0.2) is 70.1 Å². The van der Waals surface area contributed by atoms with Crippen LogP contribution in [0.2, 0.25) is 0 Å². The monoisotopic (exact) mass is 468 g/mol. The average Bonchev–Trinajstić information content (AvgIpc) is 2.95. The van der Waals surface area contributed by atoms with Gasteiger partial charge in [-0.1, -0.05) is 0 Å². The van der Waals surface area contributed by atoms with Gasteiger partial charge in [0.05, 0.1) is 24.6 Å². The minimum Gasteiger partial charge on any atom is -0.479 e. The van der Waals surface area contributed by atoms with Crippen LogP contribution in [0.25, 0.3) is 10.9 Å². The second-order valence-corrected chi connectivity index (χ2v) is 7.28. The van der Waals surface area contributed by atoms with Crippen LogP contribution in [0.3, 0.4) is 0 Å². The zero-order valence-corrected chi connectivity index (χ0v) is 17.5. The van der Waals surface area contributed by atoms with E-state index in [1.807, 2.05) is 0 Å². The first-order chi connectivity index (χ1) is 15.7. The molecule has 0 atom stereocenters. The van der Waals surface area contributed by atoms with E-state index in [1.54, 1.807) is 4.90 Å². The molecule has 3 aromatic heterocycles. The summed E-state index contributed by atoms with van der Waals surface area (Å²) in [5, 5.41) is 7.00. The van der Waals surface area contributed by atoms with Gasteiger partial charge in [-0.2, -0.15) is 23.3 Å². The van der Waals surface area contributed by atoms with Gasteiger partial charge in [0.1, 0.15) is 18.1 Å². The lowest BCUT2D eigenvalue weighted by molar-refractivity contribution is -0.141. The van der Waals surface area contributed by atoms with Gasteiger partial charge in [-0.05, 0) is 24.6 Å². The molecule has 0 spiro atoms. The quantitative estimate of drug-likeness (QED) is 0.575. The zero-order chi connectivity index (χ0) is 23.6. The van der Waals surface area contributed by atoms with Crippen molar-refractivity contribution in [1.82, 2.24) is 24.6 Å². The summed E-state index contributed by atoms with van der Waals surface area (Å²) in [4.78, 5) is 22.5. The number of aromatic nitrogens is 4. The van der Waals surface area contributed by atoms with Crippen molar-refractivity contribution in [2.75, 3.05) is 38.7 Å². The number of fused-ring (bicyclic) bond motifs is 1. The Morgan fingerprint density at radius 3 is 2.85 bits per heavy atom. The summed E-state index contributed by atoms with van der Waals surface area (Å²) < 4.78 is 64.1. The van der Waals surface area contributed by atoms with Gasteiger partial charge < -0.3 is 19.7 Å². The average molecular weight is 468 g/mol. The number of nitrogens with one attached hydrogen (secondary N) is 1. The third kappa shape index (κ3) is 5.13. The number of carbonyl (C=O) groups is 1. The standard InChI is InChI=1S/C20H20F4N6O3/c1-32-18-13(21)3-4-16(27-18)26-17-12-10-25-14(19(31)29-5-2-7-33-8-6-29)9-15(12)30(28-17)11-20(22,23)24/h3-4,9-10H,2,5-8,11H2,1H3,(H,26,27,28). The molecule has 9 nitrogen and oxygen atoms in total. The number of alkyl halides is 3. The van der Waals surface area contributed by atoms with Crippen molar-refractivity contribution in [3.8, 4) is 5.88 Å². The molecule has 0 saturated carbocycles. The first kappa shape index (κ1) is 22.7. The minimum absolute atomic E-state index is 0.000788. The number of methoxy groups -OCH3 is 1. The van der Waals surface area contributed by atoms with Crippen LogP contribution in [0.15, 0.2) is 24.4 Å². The van der Waals surface area contributed by atoms with Crippen molar-refractivity contribution in [2.24, 2.45) is 0 Å². The van der Waals surface area contributed by atoms with Crippen LogP contribution in [0.4, 0.5) is 29.2 Å². The fourth-order valence-electron chi connectivity index (χ4n) is 3.44. The number of rotatable bonds is 5. The first-order valence-corrected chi connectivity index (χ1v) is 10.0. The van der Waals surface area contributed by atoms with E-state index >= 15 is 0 Å². The van der Waals surface area contributed by atoms with Crippen molar-refractivity contribution >= 4 is 28.4 Å². The molecule has 1 N–H and O–H groups in total. The van der Waals surface area contributed by atoms with Crippen LogP contribution in [-0.2, 0) is 11.3 Å². The van der Waals surface area contributed by atoms with Crippen LogP contribution in [0, 0.1) is 5.82 Å². The van der Waals surface area contributed by atoms with Gasteiger partial charge in [0, 0.05) is 25.9 Å². The van der Waals surface area contributed by atoms with Gasteiger partial charge in [-0.25, -0.2) is 4.39 Å². The molecular weight excluding hydrogens is 448 g/mol. The number of ether oxygens (including phenoxy) is 2. The van der Waals surface area contributed by atoms with E-state index in [1.165, 1.54) is 25.4 Å². The SMILES string of the molecule is COc1nc(Nc2nn(CC(F)(F)F)c3cc(C(=O)N4CCCOCC4)ncc23)ccc1F. The smallest absolute Gasteiger partial charge is 0.408 e. The zero-order valence-electron chi connectivity index (χ0n) is 17.5. The summed E-state index contributed by atoms with van der Waals surface area (Å²) >= 11 is 0. The third-order valence-corrected chi connectivity index (χ3v) is 4.95. The van der Waals surface area contributed by atoms with Crippen molar-refractivity contribution in [3.63, 3.8) is 0 Å². The summed E-state index contributed by atoms with van der Waals surface area (Å²) in [6, 6.07) is 3.67. The highest BCUT2D eigenvalue weighted by molar-refractivity contribution is 5.98. The van der Waals surface area contributed by atoms with E-state index in [-0.39, 0.29) is 34.1 Å². The fraction of sp³-hybridized carbons (Fsp3) is 0.400. The highest BCUT2D eigenvalue weighted by Crippen LogP contribution is 2.29. The van der Waals surface area contributed by atoms with Gasteiger partial charge in [0.2, 0.25) is 0 Å². The van der Waals surface area contributed by atoms with Crippen LogP contribution < -0.4 is 10.1 Å². The molecule has 13 heteroatoms. The molecule has 3 aromatic rings. The van der Waals surface area contributed by atoms with Gasteiger partial charge in [-0.15, -0.1) is 0 Å². The van der Waals surface area contributed by atoms with E-state index in [0.29, 0.717) is 32.7 Å². The lowest BCUT2D eigenvalue weighted by Gasteiger charge is -2.19. The predicted molar refractivity (Wildman–Crippen MR) is 109 cm³/mol. The molecular formula is C20H20F4N6O3. The molecule has 0 aromatic carbocycles. The molecule has 0 radical (unpaired) electrons. The molecule has 176 valence electrons. The Labute approximate surface area is 185 Å². The Balaban J connectivity index is 1.71. The fourth-order valence-corrected chi connectivity index (χ4v) is 3.44. The van der Waals surface area contributed by atoms with Gasteiger partial charge in [-0.3, -0.25) is 14.5 Å². The summed E-state index contributed by atoms with van der Waals surface area (Å²) in [5.74, 6) is -1.26. The van der Waals surface area contributed by atoms with E-state index < -0.39 is 24.4 Å². The second-order valence-electron chi connectivity index (χ2n) is 7.28. The largest absolute Gasteiger partial charge is 0.479 e. The van der Waals surface area contributed by atoms with E-state index in [0.717, 1.165) is 10.7 Å².